The van der Waals surface area contributed by atoms with Crippen LogP contribution < -0.4 is 5.32 Å². The molecule has 0 saturated carbocycles. The van der Waals surface area contributed by atoms with Gasteiger partial charge in [-0.3, -0.25) is 4.90 Å². The number of rotatable bonds is 5. The van der Waals surface area contributed by atoms with E-state index in [-0.39, 0.29) is 0 Å². The first-order chi connectivity index (χ1) is 8.38. The first-order valence-electron chi connectivity index (χ1n) is 6.73. The summed E-state index contributed by atoms with van der Waals surface area (Å²) in [7, 11) is 0. The van der Waals surface area contributed by atoms with E-state index in [1.54, 1.807) is 0 Å². The van der Waals surface area contributed by atoms with Gasteiger partial charge in [0.1, 0.15) is 6.10 Å². The quantitative estimate of drug-likeness (QED) is 0.777. The lowest BCUT2D eigenvalue weighted by molar-refractivity contribution is -0.0264. The maximum Gasteiger partial charge on any atom is 0.110 e. The summed E-state index contributed by atoms with van der Waals surface area (Å²) < 4.78 is 11.3. The Bertz CT molecular complexity index is 246. The largest absolute Gasteiger partial charge is 0.497 e. The lowest BCUT2D eigenvalue weighted by Gasteiger charge is -2.32. The molecular weight excluding hydrogens is 216 g/mol. The average Bonchev–Trinajstić information content (AvgIpc) is 2.40. The Kier molecular flexibility index (Phi) is 5.29. The van der Waals surface area contributed by atoms with Gasteiger partial charge in [-0.1, -0.05) is 6.92 Å². The summed E-state index contributed by atoms with van der Waals surface area (Å²) in [6.45, 7) is 8.17. The Balaban J connectivity index is 1.59. The number of ether oxygens (including phenoxy) is 2. The minimum atomic E-state index is 0.336. The zero-order valence-electron chi connectivity index (χ0n) is 10.7. The summed E-state index contributed by atoms with van der Waals surface area (Å²) in [5, 5.41) is 3.46. The fourth-order valence-electron chi connectivity index (χ4n) is 2.33. The second-order valence-corrected chi connectivity index (χ2v) is 4.75. The summed E-state index contributed by atoms with van der Waals surface area (Å²) in [6.07, 6.45) is 6.84. The molecule has 1 fully saturated rings. The first-order valence-corrected chi connectivity index (χ1v) is 6.73. The van der Waals surface area contributed by atoms with Crippen molar-refractivity contribution >= 4 is 0 Å². The van der Waals surface area contributed by atoms with Crippen molar-refractivity contribution in [3.05, 3.63) is 12.3 Å². The smallest absolute Gasteiger partial charge is 0.110 e. The molecule has 0 amide bonds. The van der Waals surface area contributed by atoms with E-state index in [1.807, 2.05) is 6.26 Å². The molecule has 1 saturated heterocycles. The molecule has 2 heterocycles. The van der Waals surface area contributed by atoms with Crippen molar-refractivity contribution in [2.75, 3.05) is 39.3 Å². The van der Waals surface area contributed by atoms with Gasteiger partial charge in [0.05, 0.1) is 19.0 Å². The zero-order valence-corrected chi connectivity index (χ0v) is 10.7. The molecule has 4 nitrogen and oxygen atoms in total. The number of likely N-dealkylation sites (N-methyl/N-ethyl adjacent to an activating group) is 1. The predicted octanol–water partition coefficient (Wildman–Crippen LogP) is 0.989. The minimum absolute atomic E-state index is 0.336. The Morgan fingerprint density at radius 3 is 3.00 bits per heavy atom. The monoisotopic (exact) mass is 240 g/mol. The number of morpholine rings is 1. The SMILES string of the molecule is CCN1CCOC(CNCC2CCC=CO2)C1. The molecular formula is C13H24N2O2. The maximum absolute atomic E-state index is 5.74. The molecule has 2 aliphatic rings. The van der Waals surface area contributed by atoms with Crippen LogP contribution in [0.4, 0.5) is 0 Å². The van der Waals surface area contributed by atoms with Gasteiger partial charge in [0, 0.05) is 26.2 Å². The van der Waals surface area contributed by atoms with E-state index in [4.69, 9.17) is 9.47 Å². The molecule has 0 spiro atoms. The van der Waals surface area contributed by atoms with Gasteiger partial charge in [-0.2, -0.15) is 0 Å². The number of nitrogens with one attached hydrogen (secondary N) is 1. The molecule has 2 aliphatic heterocycles. The van der Waals surface area contributed by atoms with Crippen LogP contribution in [0.2, 0.25) is 0 Å². The molecule has 0 aromatic heterocycles. The van der Waals surface area contributed by atoms with Crippen LogP contribution in [0.15, 0.2) is 12.3 Å². The molecule has 0 aromatic rings. The molecule has 0 aromatic carbocycles. The van der Waals surface area contributed by atoms with Gasteiger partial charge in [0.2, 0.25) is 0 Å². The summed E-state index contributed by atoms with van der Waals surface area (Å²) >= 11 is 0. The van der Waals surface area contributed by atoms with Gasteiger partial charge in [0.25, 0.3) is 0 Å². The second-order valence-electron chi connectivity index (χ2n) is 4.75. The number of hydrogen-bond acceptors (Lipinski definition) is 4. The lowest BCUT2D eigenvalue weighted by atomic mass is 10.1. The topological polar surface area (TPSA) is 33.7 Å². The molecule has 0 aliphatic carbocycles. The van der Waals surface area contributed by atoms with Crippen LogP contribution in [0.3, 0.4) is 0 Å². The average molecular weight is 240 g/mol. The highest BCUT2D eigenvalue weighted by atomic mass is 16.5. The molecule has 1 N–H and O–H groups in total. The van der Waals surface area contributed by atoms with Crippen molar-refractivity contribution in [1.82, 2.24) is 10.2 Å². The van der Waals surface area contributed by atoms with Gasteiger partial charge in [0.15, 0.2) is 0 Å². The van der Waals surface area contributed by atoms with Crippen LogP contribution in [0.5, 0.6) is 0 Å². The third kappa shape index (κ3) is 4.30. The van der Waals surface area contributed by atoms with Gasteiger partial charge in [-0.05, 0) is 25.5 Å². The maximum atomic E-state index is 5.74. The molecule has 0 radical (unpaired) electrons. The minimum Gasteiger partial charge on any atom is -0.497 e. The number of nitrogens with zero attached hydrogens (tertiary/aromatic N) is 1. The molecule has 2 rings (SSSR count). The van der Waals surface area contributed by atoms with Crippen molar-refractivity contribution in [3.63, 3.8) is 0 Å². The van der Waals surface area contributed by atoms with Gasteiger partial charge in [-0.15, -0.1) is 0 Å². The van der Waals surface area contributed by atoms with Gasteiger partial charge >= 0.3 is 0 Å². The van der Waals surface area contributed by atoms with Crippen LogP contribution in [0, 0.1) is 0 Å². The normalized spacial score (nSPS) is 30.2. The Morgan fingerprint density at radius 2 is 2.24 bits per heavy atom. The van der Waals surface area contributed by atoms with E-state index in [9.17, 15) is 0 Å². The standard InChI is InChI=1S/C13H24N2O2/c1-2-15-6-8-17-13(11-15)10-14-9-12-5-3-4-7-16-12/h4,7,12-14H,2-3,5-6,8-11H2,1H3. The Morgan fingerprint density at radius 1 is 1.35 bits per heavy atom. The highest BCUT2D eigenvalue weighted by molar-refractivity contribution is 4.83. The Labute approximate surface area is 104 Å². The fourth-order valence-corrected chi connectivity index (χ4v) is 2.33. The summed E-state index contributed by atoms with van der Waals surface area (Å²) in [6, 6.07) is 0. The van der Waals surface area contributed by atoms with E-state index >= 15 is 0 Å². The van der Waals surface area contributed by atoms with Crippen LogP contribution >= 0.6 is 0 Å². The molecule has 2 atom stereocenters. The van der Waals surface area contributed by atoms with Gasteiger partial charge in [-0.25, -0.2) is 0 Å². The molecule has 4 heteroatoms. The van der Waals surface area contributed by atoms with Crippen LogP contribution in [0.25, 0.3) is 0 Å². The van der Waals surface area contributed by atoms with E-state index in [0.29, 0.717) is 12.2 Å². The third-order valence-electron chi connectivity index (χ3n) is 3.44. The van der Waals surface area contributed by atoms with E-state index < -0.39 is 0 Å². The van der Waals surface area contributed by atoms with E-state index in [1.165, 1.54) is 0 Å². The zero-order chi connectivity index (χ0) is 11.9. The first kappa shape index (κ1) is 12.9. The van der Waals surface area contributed by atoms with Crippen LogP contribution in [-0.4, -0.2) is 56.4 Å². The highest BCUT2D eigenvalue weighted by Crippen LogP contribution is 2.09. The lowest BCUT2D eigenvalue weighted by Crippen LogP contribution is -2.47. The molecule has 0 bridgehead atoms. The molecule has 98 valence electrons. The summed E-state index contributed by atoms with van der Waals surface area (Å²) in [4.78, 5) is 2.44. The van der Waals surface area contributed by atoms with Crippen molar-refractivity contribution in [1.29, 1.82) is 0 Å². The third-order valence-corrected chi connectivity index (χ3v) is 3.44. The molecule has 2 unspecified atom stereocenters. The van der Waals surface area contributed by atoms with E-state index in [0.717, 1.165) is 52.2 Å². The van der Waals surface area contributed by atoms with Crippen molar-refractivity contribution in [2.24, 2.45) is 0 Å². The predicted molar refractivity (Wildman–Crippen MR) is 68.0 cm³/mol. The van der Waals surface area contributed by atoms with Gasteiger partial charge < -0.3 is 14.8 Å². The van der Waals surface area contributed by atoms with Crippen molar-refractivity contribution in [2.45, 2.75) is 32.0 Å². The fraction of sp³-hybridized carbons (Fsp3) is 0.846. The highest BCUT2D eigenvalue weighted by Gasteiger charge is 2.19. The van der Waals surface area contributed by atoms with Crippen molar-refractivity contribution < 1.29 is 9.47 Å². The number of hydrogen-bond donors (Lipinski definition) is 1. The Hall–Kier alpha value is -0.580. The second kappa shape index (κ2) is 6.99. The van der Waals surface area contributed by atoms with Crippen LogP contribution in [-0.2, 0) is 9.47 Å². The summed E-state index contributed by atoms with van der Waals surface area (Å²) in [5.41, 5.74) is 0. The molecule has 17 heavy (non-hydrogen) atoms. The van der Waals surface area contributed by atoms with Crippen molar-refractivity contribution in [3.8, 4) is 0 Å². The number of allylic oxidation sites excluding steroid dienone is 1. The van der Waals surface area contributed by atoms with Crippen LogP contribution in [0.1, 0.15) is 19.8 Å². The van der Waals surface area contributed by atoms with E-state index in [2.05, 4.69) is 23.2 Å². The summed E-state index contributed by atoms with van der Waals surface area (Å²) in [5.74, 6) is 0.